The van der Waals surface area contributed by atoms with Gasteiger partial charge in [-0.2, -0.15) is 0 Å². The Balaban J connectivity index is 2.06. The molecule has 0 bridgehead atoms. The maximum Gasteiger partial charge on any atom is 0.282 e. The monoisotopic (exact) mass is 289 g/mol. The lowest BCUT2D eigenvalue weighted by Gasteiger charge is -2.24. The number of nitrogens with one attached hydrogen (secondary N) is 2. The second-order valence-electron chi connectivity index (χ2n) is 6.56. The smallest absolute Gasteiger partial charge is 0.282 e. The van der Waals surface area contributed by atoms with Crippen LogP contribution in [0, 0.1) is 20.8 Å². The molecule has 21 heavy (non-hydrogen) atoms. The van der Waals surface area contributed by atoms with Crippen molar-refractivity contribution in [2.45, 2.75) is 59.4 Å². The number of amides is 1. The normalized spacial score (nSPS) is 18.1. The third-order valence-electron chi connectivity index (χ3n) is 4.68. The van der Waals surface area contributed by atoms with Crippen molar-refractivity contribution in [2.24, 2.45) is 0 Å². The van der Waals surface area contributed by atoms with Crippen molar-refractivity contribution in [3.05, 3.63) is 28.8 Å². The highest BCUT2D eigenvalue weighted by molar-refractivity contribution is 5.95. The van der Waals surface area contributed by atoms with Crippen LogP contribution in [0.1, 0.15) is 49.3 Å². The van der Waals surface area contributed by atoms with Crippen molar-refractivity contribution in [1.29, 1.82) is 0 Å². The van der Waals surface area contributed by atoms with E-state index in [4.69, 9.17) is 0 Å². The van der Waals surface area contributed by atoms with Crippen molar-refractivity contribution in [1.82, 2.24) is 0 Å². The molecule has 1 aliphatic heterocycles. The van der Waals surface area contributed by atoms with E-state index in [-0.39, 0.29) is 11.9 Å². The summed E-state index contributed by atoms with van der Waals surface area (Å²) in [5, 5.41) is 3.16. The van der Waals surface area contributed by atoms with E-state index in [1.165, 1.54) is 36.1 Å². The molecule has 0 saturated carbocycles. The van der Waals surface area contributed by atoms with E-state index in [1.54, 1.807) is 0 Å². The third-order valence-corrected chi connectivity index (χ3v) is 4.68. The van der Waals surface area contributed by atoms with Gasteiger partial charge < -0.3 is 10.2 Å². The Kier molecular flexibility index (Phi) is 5.40. The Labute approximate surface area is 128 Å². The lowest BCUT2D eigenvalue weighted by molar-refractivity contribution is -0.913. The molecule has 0 aromatic heterocycles. The van der Waals surface area contributed by atoms with Crippen LogP contribution in [0.5, 0.6) is 0 Å². The van der Waals surface area contributed by atoms with Crippen molar-refractivity contribution >= 4 is 11.6 Å². The summed E-state index contributed by atoms with van der Waals surface area (Å²) in [4.78, 5) is 14.0. The van der Waals surface area contributed by atoms with Crippen LogP contribution in [-0.4, -0.2) is 25.0 Å². The molecule has 2 rings (SSSR count). The molecule has 0 spiro atoms. The molecule has 116 valence electrons. The second-order valence-corrected chi connectivity index (χ2v) is 6.56. The first kappa shape index (κ1) is 16.0. The van der Waals surface area contributed by atoms with E-state index in [0.717, 1.165) is 29.9 Å². The van der Waals surface area contributed by atoms with Gasteiger partial charge in [-0.1, -0.05) is 17.7 Å². The Bertz CT molecular complexity index is 479. The highest BCUT2D eigenvalue weighted by Crippen LogP contribution is 2.21. The standard InChI is InChI=1S/C18H28N2O/c1-13-11-14(2)17(15(3)12-13)19-18(21)16(4)20-9-7-5-6-8-10-20/h11-12,16H,5-10H2,1-4H3,(H,19,21)/p+1. The van der Waals surface area contributed by atoms with Gasteiger partial charge in [0.2, 0.25) is 0 Å². The van der Waals surface area contributed by atoms with E-state index in [1.807, 2.05) is 0 Å². The molecule has 3 heteroatoms. The lowest BCUT2D eigenvalue weighted by atomic mass is 10.0. The Hall–Kier alpha value is -1.35. The van der Waals surface area contributed by atoms with E-state index >= 15 is 0 Å². The molecule has 1 unspecified atom stereocenters. The molecule has 1 atom stereocenters. The summed E-state index contributed by atoms with van der Waals surface area (Å²) in [5.41, 5.74) is 4.54. The van der Waals surface area contributed by atoms with E-state index < -0.39 is 0 Å². The third kappa shape index (κ3) is 4.07. The molecule has 1 aromatic carbocycles. The first-order valence-electron chi connectivity index (χ1n) is 8.22. The quantitative estimate of drug-likeness (QED) is 0.880. The summed E-state index contributed by atoms with van der Waals surface area (Å²) in [5.74, 6) is 0.155. The van der Waals surface area contributed by atoms with Crippen LogP contribution >= 0.6 is 0 Å². The summed E-state index contributed by atoms with van der Waals surface area (Å²) in [7, 11) is 0. The summed E-state index contributed by atoms with van der Waals surface area (Å²) in [6.07, 6.45) is 5.12. The number of aryl methyl sites for hydroxylation is 3. The SMILES string of the molecule is Cc1cc(C)c(NC(=O)C(C)[NH+]2CCCCCC2)c(C)c1. The van der Waals surface area contributed by atoms with E-state index in [9.17, 15) is 4.79 Å². The van der Waals surface area contributed by atoms with Gasteiger partial charge in [0.25, 0.3) is 5.91 Å². The van der Waals surface area contributed by atoms with Gasteiger partial charge in [-0.3, -0.25) is 4.79 Å². The predicted molar refractivity (Wildman–Crippen MR) is 87.9 cm³/mol. The first-order chi connectivity index (χ1) is 9.99. The minimum Gasteiger partial charge on any atom is -0.325 e. The van der Waals surface area contributed by atoms with E-state index in [0.29, 0.717) is 0 Å². The molecule has 1 fully saturated rings. The molecule has 0 radical (unpaired) electrons. The fourth-order valence-corrected chi connectivity index (χ4v) is 3.41. The van der Waals surface area contributed by atoms with Crippen LogP contribution in [0.2, 0.25) is 0 Å². The summed E-state index contributed by atoms with van der Waals surface area (Å²) in [6.45, 7) is 10.5. The van der Waals surface area contributed by atoms with Gasteiger partial charge in [0.1, 0.15) is 0 Å². The zero-order valence-electron chi connectivity index (χ0n) is 13.9. The van der Waals surface area contributed by atoms with Crippen LogP contribution in [0.3, 0.4) is 0 Å². The Morgan fingerprint density at radius 1 is 1.05 bits per heavy atom. The van der Waals surface area contributed by atoms with Crippen LogP contribution in [0.15, 0.2) is 12.1 Å². The maximum absolute atomic E-state index is 12.6. The minimum atomic E-state index is 0.0307. The first-order valence-corrected chi connectivity index (χ1v) is 8.22. The van der Waals surface area contributed by atoms with Gasteiger partial charge in [0.15, 0.2) is 6.04 Å². The molecule has 1 amide bonds. The van der Waals surface area contributed by atoms with Crippen LogP contribution < -0.4 is 10.2 Å². The zero-order chi connectivity index (χ0) is 15.4. The highest BCUT2D eigenvalue weighted by Gasteiger charge is 2.26. The molecule has 2 N–H and O–H groups in total. The number of carbonyl (C=O) groups excluding carboxylic acids is 1. The molecular formula is C18H29N2O+. The number of hydrogen-bond acceptors (Lipinski definition) is 1. The highest BCUT2D eigenvalue weighted by atomic mass is 16.2. The molecule has 1 saturated heterocycles. The average Bonchev–Trinajstić information content (AvgIpc) is 2.70. The largest absolute Gasteiger partial charge is 0.325 e. The number of anilines is 1. The molecule has 1 aliphatic rings. The van der Waals surface area contributed by atoms with Gasteiger partial charge in [0, 0.05) is 5.69 Å². The summed E-state index contributed by atoms with van der Waals surface area (Å²) in [6, 6.07) is 4.29. The number of quaternary nitrogens is 1. The van der Waals surface area contributed by atoms with Crippen LogP contribution in [0.4, 0.5) is 5.69 Å². The van der Waals surface area contributed by atoms with Gasteiger partial charge >= 0.3 is 0 Å². The Morgan fingerprint density at radius 2 is 1.57 bits per heavy atom. The van der Waals surface area contributed by atoms with Crippen molar-refractivity contribution in [3.63, 3.8) is 0 Å². The lowest BCUT2D eigenvalue weighted by Crippen LogP contribution is -3.16. The second kappa shape index (κ2) is 7.08. The maximum atomic E-state index is 12.6. The zero-order valence-corrected chi connectivity index (χ0v) is 13.9. The molecule has 0 aliphatic carbocycles. The van der Waals surface area contributed by atoms with Crippen molar-refractivity contribution in [3.8, 4) is 0 Å². The topological polar surface area (TPSA) is 33.5 Å². The van der Waals surface area contributed by atoms with Crippen molar-refractivity contribution < 1.29 is 9.69 Å². The van der Waals surface area contributed by atoms with Gasteiger partial charge in [-0.15, -0.1) is 0 Å². The van der Waals surface area contributed by atoms with Gasteiger partial charge in [-0.25, -0.2) is 0 Å². The minimum absolute atomic E-state index is 0.0307. The number of rotatable bonds is 3. The van der Waals surface area contributed by atoms with Gasteiger partial charge in [-0.05, 0) is 64.5 Å². The predicted octanol–water partition coefficient (Wildman–Crippen LogP) is 2.40. The van der Waals surface area contributed by atoms with E-state index in [2.05, 4.69) is 45.1 Å². The number of hydrogen-bond donors (Lipinski definition) is 2. The molecule has 1 aromatic rings. The fourth-order valence-electron chi connectivity index (χ4n) is 3.41. The van der Waals surface area contributed by atoms with Crippen LogP contribution in [0.25, 0.3) is 0 Å². The summed E-state index contributed by atoms with van der Waals surface area (Å²) >= 11 is 0. The van der Waals surface area contributed by atoms with Crippen LogP contribution in [-0.2, 0) is 4.79 Å². The average molecular weight is 289 g/mol. The molecule has 1 heterocycles. The summed E-state index contributed by atoms with van der Waals surface area (Å²) < 4.78 is 0. The molecule has 3 nitrogen and oxygen atoms in total. The molecular weight excluding hydrogens is 260 g/mol. The van der Waals surface area contributed by atoms with Crippen molar-refractivity contribution in [2.75, 3.05) is 18.4 Å². The number of likely N-dealkylation sites (tertiary alicyclic amines) is 1. The fraction of sp³-hybridized carbons (Fsp3) is 0.611. The number of benzene rings is 1. The Morgan fingerprint density at radius 3 is 2.10 bits per heavy atom. The van der Waals surface area contributed by atoms with Gasteiger partial charge in [0.05, 0.1) is 13.1 Å². The number of carbonyl (C=O) groups is 1.